The molecule has 0 aliphatic carbocycles. The summed E-state index contributed by atoms with van der Waals surface area (Å²) in [5, 5.41) is -0.442. The number of ether oxygens (including phenoxy) is 1. The molecule has 0 radical (unpaired) electrons. The van der Waals surface area contributed by atoms with Crippen LogP contribution in [-0.4, -0.2) is 32.9 Å². The van der Waals surface area contributed by atoms with E-state index in [9.17, 15) is 13.2 Å². The van der Waals surface area contributed by atoms with Gasteiger partial charge in [-0.15, -0.1) is 6.42 Å². The third kappa shape index (κ3) is 7.14. The second-order valence-electron chi connectivity index (χ2n) is 6.28. The van der Waals surface area contributed by atoms with Gasteiger partial charge < -0.3 is 4.74 Å². The van der Waals surface area contributed by atoms with Crippen LogP contribution in [-0.2, 0) is 14.8 Å². The molecular weight excluding hydrogens is 364 g/mol. The Morgan fingerprint density at radius 1 is 1.30 bits per heavy atom. The molecule has 0 aliphatic heterocycles. The van der Waals surface area contributed by atoms with Crippen molar-refractivity contribution < 1.29 is 17.9 Å². The standard InChI is InChI=1S/C20H30N2O4S/c1-5-9-14-22(20(23)26-15-7-3)18-13-10-12-17(16-18)21-27(24,25)19(8-4)11-6-2/h3,10,12-13,16,19,21H,5-6,8-9,11,14-15H2,1-2,4H3. The van der Waals surface area contributed by atoms with Gasteiger partial charge in [0.1, 0.15) is 0 Å². The number of amides is 1. The number of terminal acetylenes is 1. The SMILES string of the molecule is C#CCOC(=O)N(CCCC)c1cccc(NS(=O)(=O)C(CC)CCC)c1. The fraction of sp³-hybridized carbons (Fsp3) is 0.550. The van der Waals surface area contributed by atoms with E-state index in [-0.39, 0.29) is 6.61 Å². The number of carbonyl (C=O) groups excluding carboxylic acids is 1. The molecule has 0 aromatic heterocycles. The third-order valence-corrected chi connectivity index (χ3v) is 6.12. The zero-order valence-corrected chi connectivity index (χ0v) is 17.2. The number of rotatable bonds is 11. The van der Waals surface area contributed by atoms with Crippen LogP contribution >= 0.6 is 0 Å². The lowest BCUT2D eigenvalue weighted by atomic mass is 10.2. The Morgan fingerprint density at radius 3 is 2.63 bits per heavy atom. The van der Waals surface area contributed by atoms with E-state index in [0.29, 0.717) is 30.8 Å². The van der Waals surface area contributed by atoms with E-state index >= 15 is 0 Å². The van der Waals surface area contributed by atoms with E-state index in [2.05, 4.69) is 10.6 Å². The largest absolute Gasteiger partial charge is 0.436 e. The van der Waals surface area contributed by atoms with Crippen LogP contribution in [0.15, 0.2) is 24.3 Å². The summed E-state index contributed by atoms with van der Waals surface area (Å²) in [7, 11) is -3.49. The lowest BCUT2D eigenvalue weighted by Crippen LogP contribution is -2.33. The minimum atomic E-state index is -3.49. The fourth-order valence-electron chi connectivity index (χ4n) is 2.71. The van der Waals surface area contributed by atoms with Crippen molar-refractivity contribution in [1.82, 2.24) is 0 Å². The van der Waals surface area contributed by atoms with Gasteiger partial charge in [-0.05, 0) is 37.5 Å². The van der Waals surface area contributed by atoms with Gasteiger partial charge in [0.05, 0.1) is 10.9 Å². The molecule has 0 spiro atoms. The van der Waals surface area contributed by atoms with Crippen LogP contribution in [0, 0.1) is 12.3 Å². The first-order valence-corrected chi connectivity index (χ1v) is 10.9. The molecule has 1 amide bonds. The fourth-order valence-corrected chi connectivity index (χ4v) is 4.32. The smallest absolute Gasteiger partial charge is 0.415 e. The highest BCUT2D eigenvalue weighted by Crippen LogP contribution is 2.23. The second kappa shape index (κ2) is 11.5. The molecule has 1 aromatic rings. The molecule has 0 aliphatic rings. The van der Waals surface area contributed by atoms with Gasteiger partial charge in [-0.25, -0.2) is 13.2 Å². The Kier molecular flexibility index (Phi) is 9.73. The van der Waals surface area contributed by atoms with Crippen LogP contribution < -0.4 is 9.62 Å². The number of anilines is 2. The molecule has 0 heterocycles. The maximum atomic E-state index is 12.6. The first-order valence-electron chi connectivity index (χ1n) is 9.38. The molecule has 0 saturated carbocycles. The first-order chi connectivity index (χ1) is 12.9. The van der Waals surface area contributed by atoms with Crippen molar-refractivity contribution in [3.8, 4) is 12.3 Å². The molecule has 1 N–H and O–H groups in total. The Hall–Kier alpha value is -2.20. The Morgan fingerprint density at radius 2 is 2.04 bits per heavy atom. The minimum absolute atomic E-state index is 0.108. The predicted molar refractivity (Wildman–Crippen MR) is 110 cm³/mol. The van der Waals surface area contributed by atoms with E-state index in [1.807, 2.05) is 20.8 Å². The minimum Gasteiger partial charge on any atom is -0.436 e. The summed E-state index contributed by atoms with van der Waals surface area (Å²) in [4.78, 5) is 13.8. The number of sulfonamides is 1. The summed E-state index contributed by atoms with van der Waals surface area (Å²) < 4.78 is 32.9. The maximum Gasteiger partial charge on any atom is 0.415 e. The highest BCUT2D eigenvalue weighted by molar-refractivity contribution is 7.93. The van der Waals surface area contributed by atoms with Gasteiger partial charge in [0, 0.05) is 12.2 Å². The Bertz CT molecular complexity index is 741. The lowest BCUT2D eigenvalue weighted by Gasteiger charge is -2.23. The van der Waals surface area contributed by atoms with Crippen molar-refractivity contribution >= 4 is 27.5 Å². The number of unbranched alkanes of at least 4 members (excludes halogenated alkanes) is 1. The second-order valence-corrected chi connectivity index (χ2v) is 8.24. The monoisotopic (exact) mass is 394 g/mol. The molecule has 0 bridgehead atoms. The van der Waals surface area contributed by atoms with Gasteiger partial charge >= 0.3 is 6.09 Å². The molecule has 7 heteroatoms. The summed E-state index contributed by atoms with van der Waals surface area (Å²) in [5.74, 6) is 2.27. The molecule has 1 atom stereocenters. The highest BCUT2D eigenvalue weighted by Gasteiger charge is 2.23. The Balaban J connectivity index is 3.06. The zero-order chi connectivity index (χ0) is 20.3. The van der Waals surface area contributed by atoms with E-state index in [4.69, 9.17) is 11.2 Å². The quantitative estimate of drug-likeness (QED) is 0.565. The lowest BCUT2D eigenvalue weighted by molar-refractivity contribution is 0.167. The third-order valence-electron chi connectivity index (χ3n) is 4.16. The predicted octanol–water partition coefficient (Wildman–Crippen LogP) is 4.38. The Labute approximate surface area is 163 Å². The molecule has 27 heavy (non-hydrogen) atoms. The topological polar surface area (TPSA) is 75.7 Å². The van der Waals surface area contributed by atoms with Crippen LogP contribution in [0.1, 0.15) is 52.9 Å². The summed E-state index contributed by atoms with van der Waals surface area (Å²) in [5.41, 5.74) is 0.988. The van der Waals surface area contributed by atoms with Crippen LogP contribution in [0.25, 0.3) is 0 Å². The summed E-state index contributed by atoms with van der Waals surface area (Å²) in [6, 6.07) is 6.77. The summed E-state index contributed by atoms with van der Waals surface area (Å²) >= 11 is 0. The highest BCUT2D eigenvalue weighted by atomic mass is 32.2. The molecule has 0 saturated heterocycles. The van der Waals surface area contributed by atoms with Gasteiger partial charge in [-0.1, -0.05) is 45.6 Å². The number of hydrogen-bond donors (Lipinski definition) is 1. The average molecular weight is 395 g/mol. The first kappa shape index (κ1) is 22.8. The van der Waals surface area contributed by atoms with Crippen LogP contribution in [0.4, 0.5) is 16.2 Å². The van der Waals surface area contributed by atoms with Crippen molar-refractivity contribution in [2.45, 2.75) is 58.1 Å². The van der Waals surface area contributed by atoms with Crippen LogP contribution in [0.5, 0.6) is 0 Å². The number of nitrogens with one attached hydrogen (secondary N) is 1. The molecular formula is C20H30N2O4S. The number of hydrogen-bond acceptors (Lipinski definition) is 4. The van der Waals surface area contributed by atoms with Gasteiger partial charge in [0.25, 0.3) is 0 Å². The van der Waals surface area contributed by atoms with E-state index in [1.165, 1.54) is 4.90 Å². The summed E-state index contributed by atoms with van der Waals surface area (Å²) in [6.45, 7) is 6.21. The number of benzene rings is 1. The van der Waals surface area contributed by atoms with Gasteiger partial charge in [0.2, 0.25) is 10.0 Å². The van der Waals surface area contributed by atoms with E-state index < -0.39 is 21.4 Å². The normalized spacial score (nSPS) is 12.1. The van der Waals surface area contributed by atoms with Gasteiger partial charge in [-0.3, -0.25) is 9.62 Å². The van der Waals surface area contributed by atoms with E-state index in [1.54, 1.807) is 24.3 Å². The van der Waals surface area contributed by atoms with Crippen molar-refractivity contribution in [2.75, 3.05) is 22.8 Å². The van der Waals surface area contributed by atoms with Crippen LogP contribution in [0.3, 0.4) is 0 Å². The molecule has 150 valence electrons. The molecule has 1 unspecified atom stereocenters. The van der Waals surface area contributed by atoms with E-state index in [0.717, 1.165) is 19.3 Å². The number of carbonyl (C=O) groups is 1. The molecule has 0 fully saturated rings. The number of nitrogens with zero attached hydrogens (tertiary/aromatic N) is 1. The van der Waals surface area contributed by atoms with Crippen molar-refractivity contribution in [2.24, 2.45) is 0 Å². The molecule has 1 aromatic carbocycles. The van der Waals surface area contributed by atoms with Crippen molar-refractivity contribution in [3.05, 3.63) is 24.3 Å². The maximum absolute atomic E-state index is 12.6. The molecule has 6 nitrogen and oxygen atoms in total. The molecule has 1 rings (SSSR count). The van der Waals surface area contributed by atoms with Crippen molar-refractivity contribution in [1.29, 1.82) is 0 Å². The van der Waals surface area contributed by atoms with Crippen molar-refractivity contribution in [3.63, 3.8) is 0 Å². The van der Waals surface area contributed by atoms with Crippen LogP contribution in [0.2, 0.25) is 0 Å². The van der Waals surface area contributed by atoms with Gasteiger partial charge in [-0.2, -0.15) is 0 Å². The zero-order valence-electron chi connectivity index (χ0n) is 16.4. The van der Waals surface area contributed by atoms with Gasteiger partial charge in [0.15, 0.2) is 6.61 Å². The summed E-state index contributed by atoms with van der Waals surface area (Å²) in [6.07, 6.45) is 8.25. The average Bonchev–Trinajstić information content (AvgIpc) is 2.64.